The first-order chi connectivity index (χ1) is 10.9. The number of ether oxygens (including phenoxy) is 1. The smallest absolute Gasteiger partial charge is 0.222 e. The number of hydrogen-bond acceptors (Lipinski definition) is 4. The molecule has 1 aliphatic heterocycles. The van der Waals surface area contributed by atoms with Gasteiger partial charge in [0.2, 0.25) is 5.91 Å². The van der Waals surface area contributed by atoms with Crippen molar-refractivity contribution in [2.45, 2.75) is 37.9 Å². The number of sulfone groups is 1. The van der Waals surface area contributed by atoms with Gasteiger partial charge in [0.1, 0.15) is 15.6 Å². The summed E-state index contributed by atoms with van der Waals surface area (Å²) in [5, 5.41) is -0.301. The van der Waals surface area contributed by atoms with Crippen molar-refractivity contribution in [3.8, 4) is 5.75 Å². The van der Waals surface area contributed by atoms with Crippen LogP contribution in [0.2, 0.25) is 0 Å². The number of carbonyl (C=O) groups excluding carboxylic acids is 1. The number of likely N-dealkylation sites (tertiary alicyclic amines) is 1. The first kappa shape index (κ1) is 17.8. The Bertz CT molecular complexity index is 634. The van der Waals surface area contributed by atoms with E-state index in [1.165, 1.54) is 6.26 Å². The summed E-state index contributed by atoms with van der Waals surface area (Å²) in [5.41, 5.74) is 1.04. The molecule has 2 rings (SSSR count). The van der Waals surface area contributed by atoms with Gasteiger partial charge in [-0.05, 0) is 37.8 Å². The summed E-state index contributed by atoms with van der Waals surface area (Å²) in [5.74, 6) is 0.918. The highest BCUT2D eigenvalue weighted by molar-refractivity contribution is 7.91. The summed E-state index contributed by atoms with van der Waals surface area (Å²) >= 11 is 0. The van der Waals surface area contributed by atoms with Crippen molar-refractivity contribution in [1.82, 2.24) is 4.90 Å². The number of nitrogens with zero attached hydrogens (tertiary/aromatic N) is 1. The van der Waals surface area contributed by atoms with Crippen LogP contribution in [0.15, 0.2) is 24.3 Å². The number of aryl methyl sites for hydroxylation is 1. The first-order valence-electron chi connectivity index (χ1n) is 8.09. The third-order valence-corrected chi connectivity index (χ3v) is 5.96. The van der Waals surface area contributed by atoms with E-state index in [4.69, 9.17) is 4.74 Å². The normalized spacial score (nSPS) is 16.3. The van der Waals surface area contributed by atoms with Crippen LogP contribution in [0.4, 0.5) is 0 Å². The topological polar surface area (TPSA) is 63.7 Å². The van der Waals surface area contributed by atoms with Crippen LogP contribution in [0, 0.1) is 0 Å². The lowest BCUT2D eigenvalue weighted by Gasteiger charge is -2.31. The molecule has 1 saturated heterocycles. The van der Waals surface area contributed by atoms with Crippen molar-refractivity contribution in [3.05, 3.63) is 29.8 Å². The minimum atomic E-state index is -3.00. The third kappa shape index (κ3) is 4.96. The van der Waals surface area contributed by atoms with Crippen LogP contribution in [0.3, 0.4) is 0 Å². The first-order valence-corrected chi connectivity index (χ1v) is 10.0. The van der Waals surface area contributed by atoms with E-state index in [2.05, 4.69) is 0 Å². The van der Waals surface area contributed by atoms with E-state index in [0.29, 0.717) is 45.4 Å². The van der Waals surface area contributed by atoms with Crippen LogP contribution in [0.5, 0.6) is 5.75 Å². The number of rotatable bonds is 6. The van der Waals surface area contributed by atoms with Gasteiger partial charge in [0, 0.05) is 25.8 Å². The molecule has 1 fully saturated rings. The van der Waals surface area contributed by atoms with Crippen molar-refractivity contribution < 1.29 is 17.9 Å². The third-order valence-electron chi connectivity index (χ3n) is 4.28. The van der Waals surface area contributed by atoms with E-state index in [-0.39, 0.29) is 11.2 Å². The zero-order valence-electron chi connectivity index (χ0n) is 13.8. The van der Waals surface area contributed by atoms with Gasteiger partial charge in [0.25, 0.3) is 0 Å². The van der Waals surface area contributed by atoms with Gasteiger partial charge in [-0.1, -0.05) is 18.2 Å². The molecule has 1 aromatic carbocycles. The molecule has 23 heavy (non-hydrogen) atoms. The molecule has 1 heterocycles. The molecular weight excluding hydrogens is 314 g/mol. The predicted molar refractivity (Wildman–Crippen MR) is 90.4 cm³/mol. The van der Waals surface area contributed by atoms with Gasteiger partial charge in [-0.3, -0.25) is 4.79 Å². The van der Waals surface area contributed by atoms with E-state index < -0.39 is 9.84 Å². The summed E-state index contributed by atoms with van der Waals surface area (Å²) in [6, 6.07) is 7.77. The summed E-state index contributed by atoms with van der Waals surface area (Å²) in [7, 11) is -3.00. The monoisotopic (exact) mass is 339 g/mol. The Hall–Kier alpha value is -1.56. The van der Waals surface area contributed by atoms with E-state index in [1.54, 1.807) is 4.90 Å². The average Bonchev–Trinajstić information content (AvgIpc) is 2.53. The minimum Gasteiger partial charge on any atom is -0.494 e. The molecular formula is C17H25NO4S. The zero-order valence-corrected chi connectivity index (χ0v) is 14.6. The Morgan fingerprint density at radius 1 is 1.26 bits per heavy atom. The molecule has 0 aliphatic carbocycles. The lowest BCUT2D eigenvalue weighted by atomic mass is 10.1. The van der Waals surface area contributed by atoms with Crippen LogP contribution in [0.1, 0.15) is 31.7 Å². The largest absolute Gasteiger partial charge is 0.494 e. The second kappa shape index (κ2) is 7.81. The summed E-state index contributed by atoms with van der Waals surface area (Å²) < 4.78 is 28.7. The standard InChI is InChI=1S/C17H25NO4S/c1-3-22-16-7-5-4-6-14(16)8-9-17(19)18-12-10-15(11-13-18)23(2,20)21/h4-7,15H,3,8-13H2,1-2H3. The number of carbonyl (C=O) groups is 1. The lowest BCUT2D eigenvalue weighted by Crippen LogP contribution is -2.42. The molecule has 0 radical (unpaired) electrons. The molecule has 0 atom stereocenters. The van der Waals surface area contributed by atoms with Crippen LogP contribution in [-0.4, -0.2) is 50.4 Å². The lowest BCUT2D eigenvalue weighted by molar-refractivity contribution is -0.132. The van der Waals surface area contributed by atoms with Crippen molar-refractivity contribution in [2.75, 3.05) is 26.0 Å². The molecule has 6 heteroatoms. The molecule has 5 nitrogen and oxygen atoms in total. The fourth-order valence-corrected chi connectivity index (χ4v) is 4.01. The second-order valence-corrected chi connectivity index (χ2v) is 8.28. The molecule has 0 aromatic heterocycles. The van der Waals surface area contributed by atoms with E-state index in [0.717, 1.165) is 11.3 Å². The molecule has 1 aromatic rings. The van der Waals surface area contributed by atoms with Gasteiger partial charge in [0.15, 0.2) is 0 Å². The average molecular weight is 339 g/mol. The molecule has 0 N–H and O–H groups in total. The maximum absolute atomic E-state index is 12.3. The number of piperidine rings is 1. The Balaban J connectivity index is 1.87. The van der Waals surface area contributed by atoms with Crippen molar-refractivity contribution in [2.24, 2.45) is 0 Å². The fourth-order valence-electron chi connectivity index (χ4n) is 2.94. The Morgan fingerprint density at radius 2 is 1.91 bits per heavy atom. The SMILES string of the molecule is CCOc1ccccc1CCC(=O)N1CCC(S(C)(=O)=O)CC1. The highest BCUT2D eigenvalue weighted by Crippen LogP contribution is 2.21. The number of hydrogen-bond donors (Lipinski definition) is 0. The van der Waals surface area contributed by atoms with Crippen molar-refractivity contribution in [3.63, 3.8) is 0 Å². The van der Waals surface area contributed by atoms with Gasteiger partial charge >= 0.3 is 0 Å². The van der Waals surface area contributed by atoms with Gasteiger partial charge in [-0.25, -0.2) is 8.42 Å². The highest BCUT2D eigenvalue weighted by atomic mass is 32.2. The van der Waals surface area contributed by atoms with Crippen molar-refractivity contribution in [1.29, 1.82) is 0 Å². The van der Waals surface area contributed by atoms with Crippen LogP contribution in [-0.2, 0) is 21.1 Å². The quantitative estimate of drug-likeness (QED) is 0.796. The van der Waals surface area contributed by atoms with Gasteiger partial charge in [0.05, 0.1) is 11.9 Å². The van der Waals surface area contributed by atoms with E-state index in [1.807, 2.05) is 31.2 Å². The van der Waals surface area contributed by atoms with Crippen molar-refractivity contribution >= 4 is 15.7 Å². The van der Waals surface area contributed by atoms with Gasteiger partial charge < -0.3 is 9.64 Å². The van der Waals surface area contributed by atoms with Crippen LogP contribution in [0.25, 0.3) is 0 Å². The zero-order chi connectivity index (χ0) is 16.9. The number of amides is 1. The molecule has 0 saturated carbocycles. The molecule has 0 spiro atoms. The highest BCUT2D eigenvalue weighted by Gasteiger charge is 2.28. The maximum Gasteiger partial charge on any atom is 0.222 e. The Morgan fingerprint density at radius 3 is 2.52 bits per heavy atom. The molecule has 1 amide bonds. The number of benzene rings is 1. The fraction of sp³-hybridized carbons (Fsp3) is 0.588. The summed E-state index contributed by atoms with van der Waals surface area (Å²) in [6.07, 6.45) is 3.43. The van der Waals surface area contributed by atoms with Gasteiger partial charge in [-0.15, -0.1) is 0 Å². The maximum atomic E-state index is 12.3. The van der Waals surface area contributed by atoms with E-state index >= 15 is 0 Å². The number of para-hydroxylation sites is 1. The summed E-state index contributed by atoms with van der Waals surface area (Å²) in [6.45, 7) is 3.60. The summed E-state index contributed by atoms with van der Waals surface area (Å²) in [4.78, 5) is 14.1. The Labute approximate surface area is 138 Å². The molecule has 0 bridgehead atoms. The molecule has 0 unspecified atom stereocenters. The molecule has 1 aliphatic rings. The minimum absolute atomic E-state index is 0.0863. The van der Waals surface area contributed by atoms with Gasteiger partial charge in [-0.2, -0.15) is 0 Å². The Kier molecular flexibility index (Phi) is 6.04. The van der Waals surface area contributed by atoms with E-state index in [9.17, 15) is 13.2 Å². The second-order valence-electron chi connectivity index (χ2n) is 5.95. The molecule has 128 valence electrons. The van der Waals surface area contributed by atoms with Crippen LogP contribution >= 0.6 is 0 Å². The predicted octanol–water partition coefficient (Wildman–Crippen LogP) is 2.05. The van der Waals surface area contributed by atoms with Crippen LogP contribution < -0.4 is 4.74 Å².